The highest BCUT2D eigenvalue weighted by Crippen LogP contribution is 2.32. The van der Waals surface area contributed by atoms with E-state index >= 15 is 0 Å². The molecule has 1 aromatic rings. The summed E-state index contributed by atoms with van der Waals surface area (Å²) in [7, 11) is 0. The fourth-order valence-corrected chi connectivity index (χ4v) is 2.58. The molecule has 22 heavy (non-hydrogen) atoms. The molecule has 3 heteroatoms. The lowest BCUT2D eigenvalue weighted by Crippen LogP contribution is -2.13. The Kier molecular flexibility index (Phi) is 6.92. The van der Waals surface area contributed by atoms with Crippen LogP contribution in [0.15, 0.2) is 12.1 Å². The van der Waals surface area contributed by atoms with E-state index in [9.17, 15) is 15.0 Å². The van der Waals surface area contributed by atoms with Gasteiger partial charge in [0, 0.05) is 0 Å². The van der Waals surface area contributed by atoms with Crippen molar-refractivity contribution in [3.05, 3.63) is 28.8 Å². The molecule has 0 amide bonds. The van der Waals surface area contributed by atoms with Gasteiger partial charge in [0.15, 0.2) is 0 Å². The number of carboxylic acid groups (broad SMARTS) is 1. The molecule has 0 bridgehead atoms. The van der Waals surface area contributed by atoms with Gasteiger partial charge in [-0.1, -0.05) is 65.9 Å². The zero-order valence-corrected chi connectivity index (χ0v) is 14.4. The lowest BCUT2D eigenvalue weighted by molar-refractivity contribution is 0.0693. The molecule has 0 spiro atoms. The van der Waals surface area contributed by atoms with Crippen molar-refractivity contribution in [3.8, 4) is 5.75 Å². The number of carbonyl (C=O) groups is 1. The summed E-state index contributed by atoms with van der Waals surface area (Å²) in [6, 6.07) is 3.57. The van der Waals surface area contributed by atoms with Gasteiger partial charge in [-0.2, -0.15) is 0 Å². The van der Waals surface area contributed by atoms with Crippen LogP contribution in [0.5, 0.6) is 5.75 Å². The van der Waals surface area contributed by atoms with Crippen LogP contribution in [0.4, 0.5) is 0 Å². The third-order valence-corrected chi connectivity index (χ3v) is 4.08. The minimum absolute atomic E-state index is 0.0217. The average molecular weight is 306 g/mol. The first-order chi connectivity index (χ1) is 10.3. The Labute approximate surface area is 134 Å². The summed E-state index contributed by atoms with van der Waals surface area (Å²) in [6.45, 7) is 8.36. The Bertz CT molecular complexity index is 498. The second-order valence-corrected chi connectivity index (χ2v) is 7.10. The molecule has 0 fully saturated rings. The maximum absolute atomic E-state index is 11.3. The SMILES string of the molecule is CCCCCCCCc1cc(C(C)(C)C)cc(C(=O)O)c1O. The highest BCUT2D eigenvalue weighted by Gasteiger charge is 2.21. The van der Waals surface area contributed by atoms with Gasteiger partial charge in [-0.25, -0.2) is 4.79 Å². The summed E-state index contributed by atoms with van der Waals surface area (Å²) in [4.78, 5) is 11.3. The molecule has 1 aromatic carbocycles. The average Bonchev–Trinajstić information content (AvgIpc) is 2.42. The fraction of sp³-hybridized carbons (Fsp3) is 0.632. The van der Waals surface area contributed by atoms with Crippen molar-refractivity contribution in [1.82, 2.24) is 0 Å². The number of hydrogen-bond donors (Lipinski definition) is 2. The van der Waals surface area contributed by atoms with Gasteiger partial charge in [0.1, 0.15) is 11.3 Å². The monoisotopic (exact) mass is 306 g/mol. The van der Waals surface area contributed by atoms with Crippen molar-refractivity contribution in [1.29, 1.82) is 0 Å². The molecule has 0 aromatic heterocycles. The molecule has 124 valence electrons. The number of aromatic carboxylic acids is 1. The number of aromatic hydroxyl groups is 1. The van der Waals surface area contributed by atoms with Crippen molar-refractivity contribution in [2.45, 2.75) is 78.1 Å². The zero-order valence-electron chi connectivity index (χ0n) is 14.4. The Hall–Kier alpha value is -1.51. The number of benzene rings is 1. The van der Waals surface area contributed by atoms with Gasteiger partial charge >= 0.3 is 5.97 Å². The van der Waals surface area contributed by atoms with Crippen molar-refractivity contribution >= 4 is 5.97 Å². The van der Waals surface area contributed by atoms with Crippen LogP contribution in [0.25, 0.3) is 0 Å². The van der Waals surface area contributed by atoms with Crippen LogP contribution >= 0.6 is 0 Å². The Morgan fingerprint density at radius 2 is 1.64 bits per heavy atom. The molecule has 0 radical (unpaired) electrons. The number of hydrogen-bond acceptors (Lipinski definition) is 2. The summed E-state index contributed by atoms with van der Waals surface area (Å²) in [5, 5.41) is 19.5. The zero-order chi connectivity index (χ0) is 16.8. The Morgan fingerprint density at radius 1 is 1.05 bits per heavy atom. The fourth-order valence-electron chi connectivity index (χ4n) is 2.58. The molecule has 0 atom stereocenters. The summed E-state index contributed by atoms with van der Waals surface area (Å²) in [5.41, 5.74) is 1.62. The minimum atomic E-state index is -1.06. The third-order valence-electron chi connectivity index (χ3n) is 4.08. The second kappa shape index (κ2) is 8.21. The van der Waals surface area contributed by atoms with Crippen LogP contribution in [-0.4, -0.2) is 16.2 Å². The van der Waals surface area contributed by atoms with E-state index in [0.717, 1.165) is 30.4 Å². The molecule has 0 saturated heterocycles. The molecule has 0 aliphatic heterocycles. The van der Waals surface area contributed by atoms with Crippen LogP contribution < -0.4 is 0 Å². The van der Waals surface area contributed by atoms with E-state index in [0.29, 0.717) is 0 Å². The molecule has 0 unspecified atom stereocenters. The quantitative estimate of drug-likeness (QED) is 0.641. The van der Waals surface area contributed by atoms with Gasteiger partial charge in [-0.15, -0.1) is 0 Å². The molecule has 0 heterocycles. The predicted molar refractivity (Wildman–Crippen MR) is 90.8 cm³/mol. The first kappa shape index (κ1) is 18.5. The Balaban J connectivity index is 2.84. The second-order valence-electron chi connectivity index (χ2n) is 7.10. The maximum atomic E-state index is 11.3. The molecule has 1 rings (SSSR count). The van der Waals surface area contributed by atoms with Crippen LogP contribution in [0.1, 0.15) is 87.7 Å². The van der Waals surface area contributed by atoms with Gasteiger partial charge < -0.3 is 10.2 Å². The predicted octanol–water partition coefficient (Wildman–Crippen LogP) is 5.29. The highest BCUT2D eigenvalue weighted by atomic mass is 16.4. The maximum Gasteiger partial charge on any atom is 0.339 e. The van der Waals surface area contributed by atoms with Crippen molar-refractivity contribution < 1.29 is 15.0 Å². The van der Waals surface area contributed by atoms with Gasteiger partial charge in [-0.3, -0.25) is 0 Å². The van der Waals surface area contributed by atoms with Crippen LogP contribution in [0.3, 0.4) is 0 Å². The van der Waals surface area contributed by atoms with E-state index in [1.54, 1.807) is 6.07 Å². The van der Waals surface area contributed by atoms with E-state index in [4.69, 9.17) is 0 Å². The van der Waals surface area contributed by atoms with Crippen molar-refractivity contribution in [3.63, 3.8) is 0 Å². The first-order valence-corrected chi connectivity index (χ1v) is 8.37. The number of phenols is 1. The molecular formula is C19H30O3. The smallest absolute Gasteiger partial charge is 0.339 e. The molecule has 0 saturated carbocycles. The van der Waals surface area contributed by atoms with Crippen LogP contribution in [0.2, 0.25) is 0 Å². The third kappa shape index (κ3) is 5.36. The van der Waals surface area contributed by atoms with Crippen LogP contribution in [-0.2, 0) is 11.8 Å². The highest BCUT2D eigenvalue weighted by molar-refractivity contribution is 5.91. The lowest BCUT2D eigenvalue weighted by Gasteiger charge is -2.21. The summed E-state index contributed by atoms with van der Waals surface area (Å²) >= 11 is 0. The number of carboxylic acids is 1. The molecule has 2 N–H and O–H groups in total. The van der Waals surface area contributed by atoms with Gasteiger partial charge in [0.25, 0.3) is 0 Å². The van der Waals surface area contributed by atoms with E-state index in [1.807, 2.05) is 6.07 Å². The number of unbranched alkanes of at least 4 members (excludes halogenated alkanes) is 5. The Morgan fingerprint density at radius 3 is 2.18 bits per heavy atom. The van der Waals surface area contributed by atoms with Gasteiger partial charge in [0.05, 0.1) is 0 Å². The topological polar surface area (TPSA) is 57.5 Å². The molecular weight excluding hydrogens is 276 g/mol. The minimum Gasteiger partial charge on any atom is -0.507 e. The summed E-state index contributed by atoms with van der Waals surface area (Å²) in [5.74, 6) is -1.12. The van der Waals surface area contributed by atoms with Crippen molar-refractivity contribution in [2.75, 3.05) is 0 Å². The van der Waals surface area contributed by atoms with Gasteiger partial charge in [0.2, 0.25) is 0 Å². The standard InChI is InChI=1S/C19H30O3/c1-5-6-7-8-9-10-11-14-12-15(19(2,3)4)13-16(17(14)20)18(21)22/h12-13,20H,5-11H2,1-4H3,(H,21,22). The number of rotatable bonds is 8. The molecule has 3 nitrogen and oxygen atoms in total. The normalized spacial score (nSPS) is 11.6. The van der Waals surface area contributed by atoms with E-state index < -0.39 is 5.97 Å². The van der Waals surface area contributed by atoms with Crippen molar-refractivity contribution in [2.24, 2.45) is 0 Å². The summed E-state index contributed by atoms with van der Waals surface area (Å²) in [6.07, 6.45) is 7.82. The summed E-state index contributed by atoms with van der Waals surface area (Å²) < 4.78 is 0. The largest absolute Gasteiger partial charge is 0.507 e. The van der Waals surface area contributed by atoms with Gasteiger partial charge in [-0.05, 0) is 35.4 Å². The van der Waals surface area contributed by atoms with E-state index in [2.05, 4.69) is 27.7 Å². The van der Waals surface area contributed by atoms with Crippen LogP contribution in [0, 0.1) is 0 Å². The molecule has 0 aliphatic rings. The van der Waals surface area contributed by atoms with E-state index in [1.165, 1.54) is 25.7 Å². The number of aryl methyl sites for hydroxylation is 1. The lowest BCUT2D eigenvalue weighted by atomic mass is 9.84. The first-order valence-electron chi connectivity index (χ1n) is 8.37. The van der Waals surface area contributed by atoms with E-state index in [-0.39, 0.29) is 16.7 Å². The molecule has 0 aliphatic carbocycles.